The quantitative estimate of drug-likeness (QED) is 0.617. The van der Waals surface area contributed by atoms with E-state index in [0.717, 1.165) is 22.3 Å². The number of hydrogen-bond donors (Lipinski definition) is 0. The number of imidazole rings is 1. The molecule has 0 unspecified atom stereocenters. The van der Waals surface area contributed by atoms with Gasteiger partial charge in [0.25, 0.3) is 0 Å². The first-order valence-electron chi connectivity index (χ1n) is 5.03. The Labute approximate surface area is 92.6 Å². The molecule has 0 fully saturated rings. The number of nitrogens with zero attached hydrogens (tertiary/aromatic N) is 4. The molecule has 0 spiro atoms. The summed E-state index contributed by atoms with van der Waals surface area (Å²) in [6.07, 6.45) is 5.30. The fourth-order valence-corrected chi connectivity index (χ4v) is 1.74. The molecule has 0 aliphatic heterocycles. The zero-order valence-electron chi connectivity index (χ0n) is 8.83. The lowest BCUT2D eigenvalue weighted by molar-refractivity contribution is 0.913. The highest BCUT2D eigenvalue weighted by atomic mass is 15.0. The van der Waals surface area contributed by atoms with Crippen molar-refractivity contribution in [3.63, 3.8) is 0 Å². The fraction of sp³-hybridized carbons (Fsp3) is 0.0833. The Morgan fingerprint density at radius 2 is 1.94 bits per heavy atom. The van der Waals surface area contributed by atoms with Gasteiger partial charge in [0.1, 0.15) is 17.7 Å². The van der Waals surface area contributed by atoms with Gasteiger partial charge in [-0.15, -0.1) is 0 Å². The molecule has 0 amide bonds. The zero-order chi connectivity index (χ0) is 11.0. The van der Waals surface area contributed by atoms with Crippen molar-refractivity contribution >= 4 is 10.9 Å². The summed E-state index contributed by atoms with van der Waals surface area (Å²) in [7, 11) is 1.94. The second kappa shape index (κ2) is 3.41. The minimum atomic E-state index is 0.876. The fourth-order valence-electron chi connectivity index (χ4n) is 1.74. The first kappa shape index (κ1) is 9.03. The number of benzene rings is 1. The zero-order valence-corrected chi connectivity index (χ0v) is 8.83. The largest absolute Gasteiger partial charge is 0.340 e. The van der Waals surface area contributed by atoms with Crippen molar-refractivity contribution < 1.29 is 0 Å². The van der Waals surface area contributed by atoms with Gasteiger partial charge in [0.05, 0.1) is 11.8 Å². The Hall–Kier alpha value is -2.23. The summed E-state index contributed by atoms with van der Waals surface area (Å²) in [5, 5.41) is 1.03. The highest BCUT2D eigenvalue weighted by molar-refractivity contribution is 5.90. The maximum atomic E-state index is 4.31. The SMILES string of the molecule is Cn1cnc(-c2ncnc3ccccc23)c1. The molecule has 0 saturated carbocycles. The molecule has 0 bridgehead atoms. The molecule has 0 atom stereocenters. The van der Waals surface area contributed by atoms with E-state index in [1.165, 1.54) is 0 Å². The van der Waals surface area contributed by atoms with E-state index in [4.69, 9.17) is 0 Å². The van der Waals surface area contributed by atoms with E-state index in [1.54, 1.807) is 12.7 Å². The average Bonchev–Trinajstić information content (AvgIpc) is 2.75. The van der Waals surface area contributed by atoms with Crippen molar-refractivity contribution in [2.45, 2.75) is 0 Å². The first-order valence-corrected chi connectivity index (χ1v) is 5.03. The summed E-state index contributed by atoms with van der Waals surface area (Å²) >= 11 is 0. The van der Waals surface area contributed by atoms with Crippen LogP contribution < -0.4 is 0 Å². The van der Waals surface area contributed by atoms with Crippen molar-refractivity contribution in [1.29, 1.82) is 0 Å². The smallest absolute Gasteiger partial charge is 0.116 e. The molecular formula is C12H10N4. The van der Waals surface area contributed by atoms with Crippen LogP contribution in [-0.4, -0.2) is 19.5 Å². The Morgan fingerprint density at radius 1 is 1.06 bits per heavy atom. The lowest BCUT2D eigenvalue weighted by Crippen LogP contribution is -1.88. The van der Waals surface area contributed by atoms with Crippen LogP contribution in [0, 0.1) is 0 Å². The van der Waals surface area contributed by atoms with E-state index in [2.05, 4.69) is 15.0 Å². The molecule has 16 heavy (non-hydrogen) atoms. The number of aryl methyl sites for hydroxylation is 1. The first-order chi connectivity index (χ1) is 7.84. The molecule has 4 heteroatoms. The predicted molar refractivity (Wildman–Crippen MR) is 61.7 cm³/mol. The van der Waals surface area contributed by atoms with Gasteiger partial charge >= 0.3 is 0 Å². The van der Waals surface area contributed by atoms with E-state index in [-0.39, 0.29) is 0 Å². The van der Waals surface area contributed by atoms with Crippen LogP contribution in [0.25, 0.3) is 22.3 Å². The summed E-state index contributed by atoms with van der Waals surface area (Å²) in [5.74, 6) is 0. The molecule has 1 aromatic carbocycles. The third kappa shape index (κ3) is 1.35. The molecule has 3 rings (SSSR count). The molecule has 3 aromatic rings. The molecule has 0 aliphatic rings. The second-order valence-electron chi connectivity index (χ2n) is 3.66. The Balaban J connectivity index is 2.31. The highest BCUT2D eigenvalue weighted by Gasteiger charge is 2.07. The molecule has 0 aliphatic carbocycles. The standard InChI is InChI=1S/C12H10N4/c1-16-6-11(15-8-16)12-9-4-2-3-5-10(9)13-7-14-12/h2-8H,1H3. The second-order valence-corrected chi connectivity index (χ2v) is 3.66. The lowest BCUT2D eigenvalue weighted by Gasteiger charge is -2.00. The number of fused-ring (bicyclic) bond motifs is 1. The van der Waals surface area contributed by atoms with E-state index in [1.807, 2.05) is 42.1 Å². The van der Waals surface area contributed by atoms with Gasteiger partial charge in [-0.2, -0.15) is 0 Å². The Morgan fingerprint density at radius 3 is 2.75 bits per heavy atom. The van der Waals surface area contributed by atoms with Crippen LogP contribution in [0.15, 0.2) is 43.1 Å². The van der Waals surface area contributed by atoms with Crippen molar-refractivity contribution in [3.8, 4) is 11.4 Å². The molecule has 0 saturated heterocycles. The maximum Gasteiger partial charge on any atom is 0.116 e. The van der Waals surface area contributed by atoms with Crippen molar-refractivity contribution in [1.82, 2.24) is 19.5 Å². The van der Waals surface area contributed by atoms with Gasteiger partial charge in [-0.25, -0.2) is 15.0 Å². The highest BCUT2D eigenvalue weighted by Crippen LogP contribution is 2.22. The van der Waals surface area contributed by atoms with Gasteiger partial charge < -0.3 is 4.57 Å². The topological polar surface area (TPSA) is 43.6 Å². The number of rotatable bonds is 1. The van der Waals surface area contributed by atoms with E-state index in [9.17, 15) is 0 Å². The predicted octanol–water partition coefficient (Wildman–Crippen LogP) is 2.03. The third-order valence-corrected chi connectivity index (χ3v) is 2.49. The third-order valence-electron chi connectivity index (χ3n) is 2.49. The van der Waals surface area contributed by atoms with Gasteiger partial charge in [-0.05, 0) is 6.07 Å². The van der Waals surface area contributed by atoms with E-state index >= 15 is 0 Å². The van der Waals surface area contributed by atoms with Gasteiger partial charge in [-0.1, -0.05) is 18.2 Å². The molecule has 4 nitrogen and oxygen atoms in total. The number of para-hydroxylation sites is 1. The molecule has 78 valence electrons. The molecule has 2 heterocycles. The van der Waals surface area contributed by atoms with E-state index < -0.39 is 0 Å². The van der Waals surface area contributed by atoms with Crippen molar-refractivity contribution in [2.24, 2.45) is 7.05 Å². The van der Waals surface area contributed by atoms with Gasteiger partial charge in [-0.3, -0.25) is 0 Å². The van der Waals surface area contributed by atoms with Crippen LogP contribution in [0.4, 0.5) is 0 Å². The lowest BCUT2D eigenvalue weighted by atomic mass is 10.1. The molecular weight excluding hydrogens is 200 g/mol. The van der Waals surface area contributed by atoms with Crippen molar-refractivity contribution in [3.05, 3.63) is 43.1 Å². The van der Waals surface area contributed by atoms with Gasteiger partial charge in [0, 0.05) is 18.6 Å². The van der Waals surface area contributed by atoms with Crippen LogP contribution in [-0.2, 0) is 7.05 Å². The van der Waals surface area contributed by atoms with Crippen molar-refractivity contribution in [2.75, 3.05) is 0 Å². The number of aromatic nitrogens is 4. The average molecular weight is 210 g/mol. The van der Waals surface area contributed by atoms with Crippen LogP contribution in [0.1, 0.15) is 0 Å². The minimum Gasteiger partial charge on any atom is -0.340 e. The summed E-state index contributed by atoms with van der Waals surface area (Å²) < 4.78 is 1.91. The van der Waals surface area contributed by atoms with Crippen LogP contribution in [0.3, 0.4) is 0 Å². The van der Waals surface area contributed by atoms with E-state index in [0.29, 0.717) is 0 Å². The molecule has 0 N–H and O–H groups in total. The summed E-state index contributed by atoms with van der Waals surface area (Å²) in [6, 6.07) is 7.94. The van der Waals surface area contributed by atoms with Gasteiger partial charge in [0.2, 0.25) is 0 Å². The Kier molecular flexibility index (Phi) is 1.93. The Bertz CT molecular complexity index is 637. The van der Waals surface area contributed by atoms with Gasteiger partial charge in [0.15, 0.2) is 0 Å². The number of hydrogen-bond acceptors (Lipinski definition) is 3. The summed E-state index contributed by atoms with van der Waals surface area (Å²) in [4.78, 5) is 12.8. The van der Waals surface area contributed by atoms with Crippen LogP contribution in [0.5, 0.6) is 0 Å². The minimum absolute atomic E-state index is 0.876. The summed E-state index contributed by atoms with van der Waals surface area (Å²) in [6.45, 7) is 0. The molecule has 2 aromatic heterocycles. The van der Waals surface area contributed by atoms with Crippen LogP contribution in [0.2, 0.25) is 0 Å². The summed E-state index contributed by atoms with van der Waals surface area (Å²) in [5.41, 5.74) is 2.70. The molecule has 0 radical (unpaired) electrons. The normalized spacial score (nSPS) is 10.8. The monoisotopic (exact) mass is 210 g/mol. The van der Waals surface area contributed by atoms with Crippen LogP contribution >= 0.6 is 0 Å². The maximum absolute atomic E-state index is 4.31.